The van der Waals surface area contributed by atoms with E-state index in [2.05, 4.69) is 16.8 Å². The minimum atomic E-state index is -0.283. The van der Waals surface area contributed by atoms with E-state index in [9.17, 15) is 4.39 Å². The Hall–Kier alpha value is -0.670. The van der Waals surface area contributed by atoms with Crippen LogP contribution in [0.25, 0.3) is 0 Å². The van der Waals surface area contributed by atoms with Gasteiger partial charge in [0.2, 0.25) is 0 Å². The summed E-state index contributed by atoms with van der Waals surface area (Å²) in [6.07, 6.45) is 3.98. The second kappa shape index (κ2) is 6.75. The standard InChI is InChI=1S/C11H16ClFN2/c1-2-4-15(5-3-12)9-10-6-11(13)8-14-7-10/h6-8H,2-5,9H2,1H3. The highest BCUT2D eigenvalue weighted by Gasteiger charge is 2.05. The van der Waals surface area contributed by atoms with Gasteiger partial charge < -0.3 is 0 Å². The number of alkyl halides is 1. The van der Waals surface area contributed by atoms with Crippen LogP contribution >= 0.6 is 11.6 Å². The van der Waals surface area contributed by atoms with Gasteiger partial charge in [-0.25, -0.2) is 4.39 Å². The molecule has 0 aromatic carbocycles. The molecule has 0 saturated heterocycles. The SMILES string of the molecule is CCCN(CCCl)Cc1cncc(F)c1. The summed E-state index contributed by atoms with van der Waals surface area (Å²) in [5, 5.41) is 0. The van der Waals surface area contributed by atoms with Crippen molar-refractivity contribution in [1.82, 2.24) is 9.88 Å². The van der Waals surface area contributed by atoms with Gasteiger partial charge in [0, 0.05) is 25.2 Å². The highest BCUT2D eigenvalue weighted by atomic mass is 35.5. The second-order valence-electron chi connectivity index (χ2n) is 3.48. The minimum Gasteiger partial charge on any atom is -0.298 e. The average molecular weight is 231 g/mol. The van der Waals surface area contributed by atoms with Crippen LogP contribution in [0.1, 0.15) is 18.9 Å². The molecule has 0 aliphatic rings. The van der Waals surface area contributed by atoms with Gasteiger partial charge in [-0.2, -0.15) is 0 Å². The van der Waals surface area contributed by atoms with Crippen LogP contribution in [0.15, 0.2) is 18.5 Å². The van der Waals surface area contributed by atoms with Crippen molar-refractivity contribution in [2.75, 3.05) is 19.0 Å². The zero-order chi connectivity index (χ0) is 11.1. The average Bonchev–Trinajstić information content (AvgIpc) is 2.18. The minimum absolute atomic E-state index is 0.283. The molecule has 4 heteroatoms. The molecule has 0 amide bonds. The molecule has 1 rings (SSSR count). The van der Waals surface area contributed by atoms with Crippen LogP contribution in [-0.2, 0) is 6.54 Å². The molecule has 0 aliphatic heterocycles. The molecule has 0 fully saturated rings. The maximum Gasteiger partial charge on any atom is 0.141 e. The molecule has 15 heavy (non-hydrogen) atoms. The lowest BCUT2D eigenvalue weighted by Gasteiger charge is -2.20. The molecule has 0 unspecified atom stereocenters. The summed E-state index contributed by atoms with van der Waals surface area (Å²) < 4.78 is 12.9. The molecule has 0 saturated carbocycles. The van der Waals surface area contributed by atoms with Gasteiger partial charge in [0.15, 0.2) is 0 Å². The summed E-state index contributed by atoms with van der Waals surface area (Å²) in [5.41, 5.74) is 0.897. The first-order chi connectivity index (χ1) is 7.26. The third-order valence-corrected chi connectivity index (χ3v) is 2.28. The van der Waals surface area contributed by atoms with E-state index in [1.165, 1.54) is 12.3 Å². The monoisotopic (exact) mass is 230 g/mol. The maximum absolute atomic E-state index is 12.9. The Morgan fingerprint density at radius 2 is 2.20 bits per heavy atom. The van der Waals surface area contributed by atoms with Gasteiger partial charge in [0.25, 0.3) is 0 Å². The molecule has 2 nitrogen and oxygen atoms in total. The zero-order valence-electron chi connectivity index (χ0n) is 8.92. The molecule has 0 atom stereocenters. The number of pyridine rings is 1. The van der Waals surface area contributed by atoms with Crippen LogP contribution in [0.2, 0.25) is 0 Å². The summed E-state index contributed by atoms with van der Waals surface area (Å²) in [7, 11) is 0. The molecule has 1 heterocycles. The van der Waals surface area contributed by atoms with Crippen LogP contribution in [0, 0.1) is 5.82 Å². The van der Waals surface area contributed by atoms with Gasteiger partial charge in [-0.1, -0.05) is 6.92 Å². The normalized spacial score (nSPS) is 10.9. The molecule has 0 N–H and O–H groups in total. The van der Waals surface area contributed by atoms with E-state index >= 15 is 0 Å². The third-order valence-electron chi connectivity index (χ3n) is 2.11. The lowest BCUT2D eigenvalue weighted by atomic mass is 10.2. The molecule has 0 radical (unpaired) electrons. The van der Waals surface area contributed by atoms with Crippen LogP contribution in [-0.4, -0.2) is 28.9 Å². The molecule has 1 aromatic heterocycles. The largest absolute Gasteiger partial charge is 0.298 e. The predicted molar refractivity (Wildman–Crippen MR) is 60.5 cm³/mol. The predicted octanol–water partition coefficient (Wildman–Crippen LogP) is 2.67. The van der Waals surface area contributed by atoms with Gasteiger partial charge >= 0.3 is 0 Å². The number of hydrogen-bond donors (Lipinski definition) is 0. The van der Waals surface area contributed by atoms with Crippen LogP contribution in [0.4, 0.5) is 4.39 Å². The molecule has 0 spiro atoms. The first-order valence-corrected chi connectivity index (χ1v) is 5.67. The van der Waals surface area contributed by atoms with Crippen LogP contribution < -0.4 is 0 Å². The van der Waals surface area contributed by atoms with Crippen molar-refractivity contribution < 1.29 is 4.39 Å². The Bertz CT molecular complexity index is 288. The van der Waals surface area contributed by atoms with Gasteiger partial charge in [-0.3, -0.25) is 9.88 Å². The molecule has 84 valence electrons. The summed E-state index contributed by atoms with van der Waals surface area (Å²) in [5.74, 6) is 0.317. The van der Waals surface area contributed by atoms with E-state index < -0.39 is 0 Å². The summed E-state index contributed by atoms with van der Waals surface area (Å²) >= 11 is 5.70. The Kier molecular flexibility index (Phi) is 5.58. The molecular weight excluding hydrogens is 215 g/mol. The number of aromatic nitrogens is 1. The number of hydrogen-bond acceptors (Lipinski definition) is 2. The van der Waals surface area contributed by atoms with E-state index in [0.717, 1.165) is 25.1 Å². The Morgan fingerprint density at radius 3 is 2.80 bits per heavy atom. The van der Waals surface area contributed by atoms with Gasteiger partial charge in [-0.15, -0.1) is 11.6 Å². The van der Waals surface area contributed by atoms with E-state index in [0.29, 0.717) is 12.4 Å². The van der Waals surface area contributed by atoms with Gasteiger partial charge in [0.05, 0.1) is 6.20 Å². The van der Waals surface area contributed by atoms with E-state index in [4.69, 9.17) is 11.6 Å². The quantitative estimate of drug-likeness (QED) is 0.699. The van der Waals surface area contributed by atoms with Gasteiger partial charge in [0.1, 0.15) is 5.82 Å². The zero-order valence-corrected chi connectivity index (χ0v) is 9.67. The fraction of sp³-hybridized carbons (Fsp3) is 0.545. The van der Waals surface area contributed by atoms with Crippen LogP contribution in [0.5, 0.6) is 0 Å². The molecular formula is C11H16ClFN2. The topological polar surface area (TPSA) is 16.1 Å². The fourth-order valence-corrected chi connectivity index (χ4v) is 1.75. The highest BCUT2D eigenvalue weighted by molar-refractivity contribution is 6.18. The lowest BCUT2D eigenvalue weighted by Crippen LogP contribution is -2.26. The Balaban J connectivity index is 2.56. The smallest absolute Gasteiger partial charge is 0.141 e. The number of rotatable bonds is 6. The van der Waals surface area contributed by atoms with Crippen molar-refractivity contribution in [3.8, 4) is 0 Å². The van der Waals surface area contributed by atoms with Crippen molar-refractivity contribution in [3.05, 3.63) is 29.8 Å². The van der Waals surface area contributed by atoms with Crippen molar-refractivity contribution in [2.45, 2.75) is 19.9 Å². The molecule has 0 bridgehead atoms. The summed E-state index contributed by atoms with van der Waals surface area (Å²) in [4.78, 5) is 6.02. The van der Waals surface area contributed by atoms with Crippen molar-refractivity contribution in [1.29, 1.82) is 0 Å². The number of halogens is 2. The van der Waals surface area contributed by atoms with Gasteiger partial charge in [-0.05, 0) is 24.6 Å². The van der Waals surface area contributed by atoms with E-state index in [1.54, 1.807) is 6.20 Å². The maximum atomic E-state index is 12.9. The van der Waals surface area contributed by atoms with Crippen molar-refractivity contribution in [3.63, 3.8) is 0 Å². The fourth-order valence-electron chi connectivity index (χ4n) is 1.51. The first-order valence-electron chi connectivity index (χ1n) is 5.14. The van der Waals surface area contributed by atoms with Crippen LogP contribution in [0.3, 0.4) is 0 Å². The Labute approximate surface area is 95.1 Å². The number of nitrogens with zero attached hydrogens (tertiary/aromatic N) is 2. The highest BCUT2D eigenvalue weighted by Crippen LogP contribution is 2.06. The Morgan fingerprint density at radius 1 is 1.40 bits per heavy atom. The van der Waals surface area contributed by atoms with E-state index in [-0.39, 0.29) is 5.82 Å². The summed E-state index contributed by atoms with van der Waals surface area (Å²) in [6, 6.07) is 1.52. The van der Waals surface area contributed by atoms with Crippen molar-refractivity contribution >= 4 is 11.6 Å². The second-order valence-corrected chi connectivity index (χ2v) is 3.85. The third kappa shape index (κ3) is 4.58. The molecule has 0 aliphatic carbocycles. The van der Waals surface area contributed by atoms with E-state index in [1.807, 2.05) is 0 Å². The summed E-state index contributed by atoms with van der Waals surface area (Å²) in [6.45, 7) is 4.63. The first kappa shape index (κ1) is 12.4. The molecule has 1 aromatic rings. The van der Waals surface area contributed by atoms with Crippen molar-refractivity contribution in [2.24, 2.45) is 0 Å². The lowest BCUT2D eigenvalue weighted by molar-refractivity contribution is 0.281.